The molecule has 2 heterocycles. The Morgan fingerprint density at radius 3 is 3.00 bits per heavy atom. The van der Waals surface area contributed by atoms with Crippen LogP contribution >= 0.6 is 11.8 Å². The van der Waals surface area contributed by atoms with Gasteiger partial charge in [0.2, 0.25) is 0 Å². The molecule has 8 heteroatoms. The number of fused-ring (bicyclic) bond motifs is 2. The van der Waals surface area contributed by atoms with Crippen LogP contribution in [0.15, 0.2) is 28.2 Å². The molecule has 1 aromatic carbocycles. The molecule has 2 aromatic rings. The van der Waals surface area contributed by atoms with E-state index in [0.29, 0.717) is 22.2 Å². The van der Waals surface area contributed by atoms with Gasteiger partial charge >= 0.3 is 0 Å². The van der Waals surface area contributed by atoms with Crippen LogP contribution in [0, 0.1) is 0 Å². The Kier molecular flexibility index (Phi) is 4.28. The number of carbonyl (C=O) groups excluding carboxylic acids is 2. The summed E-state index contributed by atoms with van der Waals surface area (Å²) in [6, 6.07) is 4.97. The molecule has 4 rings (SSSR count). The molecule has 7 nitrogen and oxygen atoms in total. The smallest absolute Gasteiger partial charge is 0.262 e. The number of H-pyrrole nitrogens is 1. The minimum Gasteiger partial charge on any atom is -0.482 e. The average Bonchev–Trinajstić information content (AvgIpc) is 3.09. The van der Waals surface area contributed by atoms with E-state index in [0.717, 1.165) is 30.5 Å². The number of nitrogens with one attached hydrogen (secondary N) is 2. The molecule has 2 N–H and O–H groups in total. The quantitative estimate of drug-likeness (QED) is 0.484. The van der Waals surface area contributed by atoms with E-state index >= 15 is 0 Å². The van der Waals surface area contributed by atoms with Gasteiger partial charge in [-0.25, -0.2) is 4.98 Å². The molecule has 1 aliphatic carbocycles. The molecule has 0 saturated carbocycles. The summed E-state index contributed by atoms with van der Waals surface area (Å²) in [6.45, 7) is 1.75. The van der Waals surface area contributed by atoms with Gasteiger partial charge in [0.25, 0.3) is 11.5 Å². The van der Waals surface area contributed by atoms with Crippen LogP contribution in [-0.2, 0) is 17.6 Å². The number of nitrogens with zero attached hydrogens (tertiary/aromatic N) is 1. The third kappa shape index (κ3) is 3.12. The lowest BCUT2D eigenvalue weighted by atomic mass is 10.1. The summed E-state index contributed by atoms with van der Waals surface area (Å²) < 4.78 is 5.30. The van der Waals surface area contributed by atoms with Crippen molar-refractivity contribution in [2.24, 2.45) is 0 Å². The molecular formula is C18H17N3O4S. The van der Waals surface area contributed by atoms with Gasteiger partial charge < -0.3 is 15.0 Å². The highest BCUT2D eigenvalue weighted by Gasteiger charge is 2.23. The number of benzene rings is 1. The van der Waals surface area contributed by atoms with Gasteiger partial charge in [0.1, 0.15) is 5.75 Å². The molecule has 1 atom stereocenters. The van der Waals surface area contributed by atoms with Crippen LogP contribution in [0.1, 0.15) is 35.0 Å². The highest BCUT2D eigenvalue weighted by molar-refractivity contribution is 8.00. The minimum atomic E-state index is -0.434. The van der Waals surface area contributed by atoms with Crippen LogP contribution in [-0.4, -0.2) is 33.5 Å². The van der Waals surface area contributed by atoms with Gasteiger partial charge in [0, 0.05) is 11.1 Å². The van der Waals surface area contributed by atoms with Crippen molar-refractivity contribution in [3.8, 4) is 5.75 Å². The number of Topliss-reactive ketones (excluding diaryl/α,β-unsaturated/α-hetero) is 1. The van der Waals surface area contributed by atoms with E-state index in [4.69, 9.17) is 4.74 Å². The first-order valence-electron chi connectivity index (χ1n) is 8.41. The van der Waals surface area contributed by atoms with E-state index in [1.807, 2.05) is 0 Å². The van der Waals surface area contributed by atoms with Crippen LogP contribution in [0.4, 0.5) is 5.69 Å². The standard InChI is InChI=1S/C18H17N3O4S/c1-9(26-18-20-12-4-2-3-11(12)17(24)21-18)16(23)10-5-6-14-13(7-10)19-15(22)8-25-14/h5-7,9H,2-4,8H2,1H3,(H,19,22)(H,20,21,24). The van der Waals surface area contributed by atoms with Gasteiger partial charge in [-0.2, -0.15) is 0 Å². The Hall–Kier alpha value is -2.61. The normalized spacial score (nSPS) is 16.3. The van der Waals surface area contributed by atoms with Crippen molar-refractivity contribution < 1.29 is 14.3 Å². The zero-order chi connectivity index (χ0) is 18.3. The highest BCUT2D eigenvalue weighted by Crippen LogP contribution is 2.31. The molecule has 1 amide bonds. The minimum absolute atomic E-state index is 0.0239. The predicted octanol–water partition coefficient (Wildman–Crippen LogP) is 1.95. The van der Waals surface area contributed by atoms with Crippen molar-refractivity contribution in [1.29, 1.82) is 0 Å². The van der Waals surface area contributed by atoms with Crippen molar-refractivity contribution in [3.63, 3.8) is 0 Å². The summed E-state index contributed by atoms with van der Waals surface area (Å²) in [4.78, 5) is 43.5. The third-order valence-electron chi connectivity index (χ3n) is 4.47. The first-order valence-corrected chi connectivity index (χ1v) is 9.29. The van der Waals surface area contributed by atoms with Gasteiger partial charge in [-0.1, -0.05) is 11.8 Å². The fourth-order valence-corrected chi connectivity index (χ4v) is 4.06. The van der Waals surface area contributed by atoms with Crippen LogP contribution in [0.2, 0.25) is 0 Å². The SMILES string of the molecule is CC(Sc1nc2c(c(=O)[nH]1)CCC2)C(=O)c1ccc2c(c1)NC(=O)CO2. The number of hydrogen-bond donors (Lipinski definition) is 2. The lowest BCUT2D eigenvalue weighted by molar-refractivity contribution is -0.118. The van der Waals surface area contributed by atoms with Gasteiger partial charge in [0.15, 0.2) is 17.5 Å². The van der Waals surface area contributed by atoms with Crippen molar-refractivity contribution in [2.75, 3.05) is 11.9 Å². The molecule has 0 radical (unpaired) electrons. The number of thioether (sulfide) groups is 1. The second kappa shape index (κ2) is 6.60. The fourth-order valence-electron chi connectivity index (χ4n) is 3.17. The van der Waals surface area contributed by atoms with Crippen molar-refractivity contribution >= 4 is 29.1 Å². The zero-order valence-electron chi connectivity index (χ0n) is 14.1. The van der Waals surface area contributed by atoms with Crippen molar-refractivity contribution in [1.82, 2.24) is 9.97 Å². The van der Waals surface area contributed by atoms with Crippen LogP contribution < -0.4 is 15.6 Å². The first-order chi connectivity index (χ1) is 12.5. The summed E-state index contributed by atoms with van der Waals surface area (Å²) in [7, 11) is 0. The monoisotopic (exact) mass is 371 g/mol. The molecule has 0 bridgehead atoms. The number of aryl methyl sites for hydroxylation is 1. The Bertz CT molecular complexity index is 969. The first kappa shape index (κ1) is 16.8. The fraction of sp³-hybridized carbons (Fsp3) is 0.333. The third-order valence-corrected chi connectivity index (χ3v) is 5.46. The van der Waals surface area contributed by atoms with E-state index in [1.165, 1.54) is 11.8 Å². The lowest BCUT2D eigenvalue weighted by Crippen LogP contribution is -2.26. The maximum atomic E-state index is 12.7. The van der Waals surface area contributed by atoms with Crippen LogP contribution in [0.5, 0.6) is 5.75 Å². The molecular weight excluding hydrogens is 354 g/mol. The largest absolute Gasteiger partial charge is 0.482 e. The number of anilines is 1. The summed E-state index contributed by atoms with van der Waals surface area (Å²) in [5, 5.41) is 2.73. The number of aromatic nitrogens is 2. The van der Waals surface area contributed by atoms with Gasteiger partial charge in [-0.3, -0.25) is 14.4 Å². The summed E-state index contributed by atoms with van der Waals surface area (Å²) >= 11 is 1.23. The zero-order valence-corrected chi connectivity index (χ0v) is 14.9. The van der Waals surface area contributed by atoms with E-state index in [2.05, 4.69) is 15.3 Å². The molecule has 0 saturated heterocycles. The Morgan fingerprint density at radius 1 is 1.31 bits per heavy atom. The van der Waals surface area contributed by atoms with E-state index < -0.39 is 5.25 Å². The molecule has 134 valence electrons. The molecule has 1 aliphatic heterocycles. The summed E-state index contributed by atoms with van der Waals surface area (Å²) in [5.41, 5.74) is 2.46. The number of amides is 1. The Balaban J connectivity index is 1.54. The number of hydrogen-bond acceptors (Lipinski definition) is 6. The second-order valence-electron chi connectivity index (χ2n) is 6.32. The van der Waals surface area contributed by atoms with Gasteiger partial charge in [-0.05, 0) is 44.4 Å². The summed E-state index contributed by atoms with van der Waals surface area (Å²) in [6.07, 6.45) is 2.51. The molecule has 2 aliphatic rings. The number of rotatable bonds is 4. The molecule has 1 aromatic heterocycles. The maximum absolute atomic E-state index is 12.7. The maximum Gasteiger partial charge on any atom is 0.262 e. The number of aromatic amines is 1. The van der Waals surface area contributed by atoms with Crippen molar-refractivity contribution in [3.05, 3.63) is 45.4 Å². The van der Waals surface area contributed by atoms with E-state index in [1.54, 1.807) is 25.1 Å². The topological polar surface area (TPSA) is 101 Å². The molecule has 26 heavy (non-hydrogen) atoms. The van der Waals surface area contributed by atoms with Crippen LogP contribution in [0.3, 0.4) is 0 Å². The number of carbonyl (C=O) groups is 2. The average molecular weight is 371 g/mol. The lowest BCUT2D eigenvalue weighted by Gasteiger charge is -2.19. The highest BCUT2D eigenvalue weighted by atomic mass is 32.2. The molecule has 0 spiro atoms. The van der Waals surface area contributed by atoms with E-state index in [-0.39, 0.29) is 23.9 Å². The Labute approximate surface area is 153 Å². The van der Waals surface area contributed by atoms with Gasteiger partial charge in [-0.15, -0.1) is 0 Å². The summed E-state index contributed by atoms with van der Waals surface area (Å²) in [5.74, 6) is 0.191. The number of ketones is 1. The van der Waals surface area contributed by atoms with Crippen molar-refractivity contribution in [2.45, 2.75) is 36.6 Å². The Morgan fingerprint density at radius 2 is 2.15 bits per heavy atom. The second-order valence-corrected chi connectivity index (χ2v) is 7.65. The predicted molar refractivity (Wildman–Crippen MR) is 97.1 cm³/mol. The molecule has 0 fully saturated rings. The molecule has 1 unspecified atom stereocenters. The number of ether oxygens (including phenoxy) is 1. The van der Waals surface area contributed by atoms with Crippen LogP contribution in [0.25, 0.3) is 0 Å². The van der Waals surface area contributed by atoms with E-state index in [9.17, 15) is 14.4 Å². The van der Waals surface area contributed by atoms with Gasteiger partial charge in [0.05, 0.1) is 16.6 Å².